The summed E-state index contributed by atoms with van der Waals surface area (Å²) in [6.45, 7) is 1.04. The molecule has 0 spiro atoms. The molecule has 1 aliphatic heterocycles. The molecule has 1 aromatic carbocycles. The number of methoxy groups -OCH3 is 1. The van der Waals surface area contributed by atoms with Gasteiger partial charge in [-0.1, -0.05) is 12.1 Å². The van der Waals surface area contributed by atoms with Crippen LogP contribution in [0.1, 0.15) is 19.0 Å². The standard InChI is InChI=1S/C17H18N4O/c1-22-13-6-2-5-12(11-13)16-20-14-7-3-10-19-17(14)21(16)15-8-4-9-18-15/h2-3,5-7,10-11,15,18H,4,8-9H2,1H3. The average Bonchev–Trinajstić information content (AvgIpc) is 3.21. The van der Waals surface area contributed by atoms with Gasteiger partial charge in [0.15, 0.2) is 5.65 Å². The summed E-state index contributed by atoms with van der Waals surface area (Å²) < 4.78 is 7.57. The lowest BCUT2D eigenvalue weighted by atomic mass is 10.2. The zero-order valence-electron chi connectivity index (χ0n) is 12.5. The minimum Gasteiger partial charge on any atom is -0.497 e. The minimum atomic E-state index is 0.251. The highest BCUT2D eigenvalue weighted by molar-refractivity contribution is 5.77. The average molecular weight is 294 g/mol. The number of aromatic nitrogens is 3. The predicted molar refractivity (Wildman–Crippen MR) is 85.8 cm³/mol. The Hall–Kier alpha value is -2.40. The molecule has 2 aromatic heterocycles. The van der Waals surface area contributed by atoms with Gasteiger partial charge in [-0.25, -0.2) is 9.97 Å². The molecule has 3 heterocycles. The highest BCUT2D eigenvalue weighted by atomic mass is 16.5. The maximum atomic E-state index is 5.35. The second-order valence-electron chi connectivity index (χ2n) is 5.50. The van der Waals surface area contributed by atoms with Crippen molar-refractivity contribution in [3.05, 3.63) is 42.6 Å². The predicted octanol–water partition coefficient (Wildman–Crippen LogP) is 2.99. The van der Waals surface area contributed by atoms with Gasteiger partial charge in [0.2, 0.25) is 0 Å². The molecule has 3 aromatic rings. The van der Waals surface area contributed by atoms with Gasteiger partial charge in [0.05, 0.1) is 13.3 Å². The van der Waals surface area contributed by atoms with Crippen LogP contribution in [0.4, 0.5) is 0 Å². The van der Waals surface area contributed by atoms with E-state index in [1.807, 2.05) is 36.5 Å². The van der Waals surface area contributed by atoms with Crippen LogP contribution in [-0.2, 0) is 0 Å². The van der Waals surface area contributed by atoms with Crippen LogP contribution in [-0.4, -0.2) is 28.2 Å². The molecule has 1 N–H and O–H groups in total. The van der Waals surface area contributed by atoms with Crippen LogP contribution in [0, 0.1) is 0 Å². The quantitative estimate of drug-likeness (QED) is 0.807. The summed E-state index contributed by atoms with van der Waals surface area (Å²) in [5.74, 6) is 1.77. The van der Waals surface area contributed by atoms with Crippen LogP contribution in [0.15, 0.2) is 42.6 Å². The Morgan fingerprint density at radius 1 is 1.27 bits per heavy atom. The Morgan fingerprint density at radius 2 is 2.23 bits per heavy atom. The van der Waals surface area contributed by atoms with Crippen molar-refractivity contribution >= 4 is 11.2 Å². The van der Waals surface area contributed by atoms with Gasteiger partial charge in [-0.3, -0.25) is 9.88 Å². The van der Waals surface area contributed by atoms with Crippen molar-refractivity contribution in [1.29, 1.82) is 0 Å². The molecule has 1 fully saturated rings. The second-order valence-corrected chi connectivity index (χ2v) is 5.50. The van der Waals surface area contributed by atoms with Gasteiger partial charge in [0.25, 0.3) is 0 Å². The molecule has 22 heavy (non-hydrogen) atoms. The molecule has 0 amide bonds. The molecule has 5 heteroatoms. The fourth-order valence-corrected chi connectivity index (χ4v) is 3.08. The number of fused-ring (bicyclic) bond motifs is 1. The van der Waals surface area contributed by atoms with Crippen LogP contribution in [0.25, 0.3) is 22.6 Å². The monoisotopic (exact) mass is 294 g/mol. The number of pyridine rings is 1. The van der Waals surface area contributed by atoms with Crippen molar-refractivity contribution in [1.82, 2.24) is 19.9 Å². The van der Waals surface area contributed by atoms with Gasteiger partial charge in [-0.2, -0.15) is 0 Å². The van der Waals surface area contributed by atoms with E-state index in [1.165, 1.54) is 6.42 Å². The highest BCUT2D eigenvalue weighted by Gasteiger charge is 2.23. The van der Waals surface area contributed by atoms with Gasteiger partial charge < -0.3 is 4.74 Å². The molecule has 1 aliphatic rings. The molecular weight excluding hydrogens is 276 g/mol. The Labute approximate surface area is 129 Å². The van der Waals surface area contributed by atoms with Crippen molar-refractivity contribution in [2.75, 3.05) is 13.7 Å². The summed E-state index contributed by atoms with van der Waals surface area (Å²) in [5, 5.41) is 3.54. The van der Waals surface area contributed by atoms with Crippen molar-refractivity contribution < 1.29 is 4.74 Å². The number of rotatable bonds is 3. The summed E-state index contributed by atoms with van der Waals surface area (Å²) in [6.07, 6.45) is 4.35. The van der Waals surface area contributed by atoms with Crippen LogP contribution < -0.4 is 10.1 Å². The Kier molecular flexibility index (Phi) is 3.27. The van der Waals surface area contributed by atoms with Gasteiger partial charge in [-0.15, -0.1) is 0 Å². The van der Waals surface area contributed by atoms with Crippen LogP contribution >= 0.6 is 0 Å². The fourth-order valence-electron chi connectivity index (χ4n) is 3.08. The minimum absolute atomic E-state index is 0.251. The van der Waals surface area contributed by atoms with E-state index in [9.17, 15) is 0 Å². The molecular formula is C17H18N4O. The molecule has 0 aliphatic carbocycles. The van der Waals surface area contributed by atoms with E-state index in [0.29, 0.717) is 0 Å². The third-order valence-corrected chi connectivity index (χ3v) is 4.12. The first-order chi connectivity index (χ1) is 10.9. The summed E-state index contributed by atoms with van der Waals surface area (Å²) >= 11 is 0. The zero-order valence-corrected chi connectivity index (χ0v) is 12.5. The third kappa shape index (κ3) is 2.14. The Balaban J connectivity index is 1.93. The van der Waals surface area contributed by atoms with Crippen LogP contribution in [0.5, 0.6) is 5.75 Å². The van der Waals surface area contributed by atoms with Crippen molar-refractivity contribution in [3.8, 4) is 17.1 Å². The maximum Gasteiger partial charge on any atom is 0.161 e. The van der Waals surface area contributed by atoms with Crippen molar-refractivity contribution in [3.63, 3.8) is 0 Å². The van der Waals surface area contributed by atoms with Gasteiger partial charge in [0, 0.05) is 11.8 Å². The molecule has 112 valence electrons. The topological polar surface area (TPSA) is 52.0 Å². The Morgan fingerprint density at radius 3 is 3.05 bits per heavy atom. The molecule has 1 saturated heterocycles. The van der Waals surface area contributed by atoms with Gasteiger partial charge in [-0.05, 0) is 43.7 Å². The summed E-state index contributed by atoms with van der Waals surface area (Å²) in [6, 6.07) is 12.0. The van der Waals surface area contributed by atoms with Gasteiger partial charge in [0.1, 0.15) is 17.1 Å². The van der Waals surface area contributed by atoms with Gasteiger partial charge >= 0.3 is 0 Å². The van der Waals surface area contributed by atoms with E-state index in [-0.39, 0.29) is 6.17 Å². The number of hydrogen-bond donors (Lipinski definition) is 1. The Bertz CT molecular complexity index is 805. The molecule has 5 nitrogen and oxygen atoms in total. The normalized spacial score (nSPS) is 18.0. The number of hydrogen-bond acceptors (Lipinski definition) is 4. The van der Waals surface area contributed by atoms with Crippen LogP contribution in [0.3, 0.4) is 0 Å². The largest absolute Gasteiger partial charge is 0.497 e. The lowest BCUT2D eigenvalue weighted by Gasteiger charge is -2.16. The van der Waals surface area contributed by atoms with E-state index in [2.05, 4.69) is 20.9 Å². The van der Waals surface area contributed by atoms with E-state index >= 15 is 0 Å². The highest BCUT2D eigenvalue weighted by Crippen LogP contribution is 2.31. The number of nitrogens with one attached hydrogen (secondary N) is 1. The number of ether oxygens (including phenoxy) is 1. The summed E-state index contributed by atoms with van der Waals surface area (Å²) in [4.78, 5) is 9.35. The van der Waals surface area contributed by atoms with E-state index < -0.39 is 0 Å². The lowest BCUT2D eigenvalue weighted by molar-refractivity contribution is 0.415. The molecule has 4 rings (SSSR count). The van der Waals surface area contributed by atoms with Crippen molar-refractivity contribution in [2.45, 2.75) is 19.0 Å². The third-order valence-electron chi connectivity index (χ3n) is 4.12. The molecule has 1 atom stereocenters. The first-order valence-corrected chi connectivity index (χ1v) is 7.57. The zero-order chi connectivity index (χ0) is 14.9. The van der Waals surface area contributed by atoms with Crippen molar-refractivity contribution in [2.24, 2.45) is 0 Å². The summed E-state index contributed by atoms with van der Waals surface area (Å²) in [7, 11) is 1.68. The van der Waals surface area contributed by atoms with Crippen LogP contribution in [0.2, 0.25) is 0 Å². The molecule has 0 radical (unpaired) electrons. The SMILES string of the molecule is COc1cccc(-c2nc3cccnc3n2C2CCCN2)c1. The number of benzene rings is 1. The maximum absolute atomic E-state index is 5.35. The second kappa shape index (κ2) is 5.42. The molecule has 0 saturated carbocycles. The molecule has 0 bridgehead atoms. The lowest BCUT2D eigenvalue weighted by Crippen LogP contribution is -2.21. The summed E-state index contributed by atoms with van der Waals surface area (Å²) in [5.41, 5.74) is 2.90. The van der Waals surface area contributed by atoms with E-state index in [1.54, 1.807) is 7.11 Å². The van der Waals surface area contributed by atoms with E-state index in [0.717, 1.165) is 41.3 Å². The first kappa shape index (κ1) is 13.3. The smallest absolute Gasteiger partial charge is 0.161 e. The van der Waals surface area contributed by atoms with E-state index in [4.69, 9.17) is 9.72 Å². The fraction of sp³-hybridized carbons (Fsp3) is 0.294. The molecule has 1 unspecified atom stereocenters. The number of imidazole rings is 1. The number of nitrogens with zero attached hydrogens (tertiary/aromatic N) is 3. The first-order valence-electron chi connectivity index (χ1n) is 7.57.